The molecule has 0 aliphatic carbocycles. The lowest BCUT2D eigenvalue weighted by atomic mass is 10.2. The summed E-state index contributed by atoms with van der Waals surface area (Å²) in [7, 11) is -3.29. The molecule has 3 rings (SSSR count). The Morgan fingerprint density at radius 3 is 2.52 bits per heavy atom. The van der Waals surface area contributed by atoms with Gasteiger partial charge in [0.2, 0.25) is 10.0 Å². The van der Waals surface area contributed by atoms with Crippen molar-refractivity contribution in [3.05, 3.63) is 51.5 Å². The van der Waals surface area contributed by atoms with Crippen LogP contribution in [0.3, 0.4) is 0 Å². The summed E-state index contributed by atoms with van der Waals surface area (Å²) in [5, 5.41) is 3.60. The number of nitrogens with zero attached hydrogens (tertiary/aromatic N) is 1. The number of benzene rings is 2. The van der Waals surface area contributed by atoms with E-state index in [1.165, 1.54) is 16.4 Å². The number of nitrogens with one attached hydrogen (secondary N) is 1. The number of halogens is 3. The van der Waals surface area contributed by atoms with E-state index in [0.717, 1.165) is 0 Å². The summed E-state index contributed by atoms with van der Waals surface area (Å²) >= 11 is 18.0. The molecular formula is C17H15Cl3N2O4S. The van der Waals surface area contributed by atoms with E-state index in [-0.39, 0.29) is 17.4 Å². The maximum absolute atomic E-state index is 12.1. The zero-order chi connectivity index (χ0) is 19.6. The molecule has 2 aromatic carbocycles. The van der Waals surface area contributed by atoms with Crippen molar-refractivity contribution in [3.63, 3.8) is 0 Å². The smallest absolute Gasteiger partial charge is 0.262 e. The summed E-state index contributed by atoms with van der Waals surface area (Å²) in [6.07, 6.45) is 0.572. The molecule has 0 bridgehead atoms. The van der Waals surface area contributed by atoms with Gasteiger partial charge in [-0.15, -0.1) is 0 Å². The average molecular weight is 450 g/mol. The molecule has 27 heavy (non-hydrogen) atoms. The molecule has 1 heterocycles. The van der Waals surface area contributed by atoms with Crippen LogP contribution >= 0.6 is 34.8 Å². The first-order valence-electron chi connectivity index (χ1n) is 7.94. The maximum atomic E-state index is 12.1. The molecule has 1 N–H and O–H groups in total. The summed E-state index contributed by atoms with van der Waals surface area (Å²) in [6.45, 7) is 0.139. The number of carbonyl (C=O) groups is 1. The molecule has 0 saturated carbocycles. The fourth-order valence-corrected chi connectivity index (χ4v) is 4.85. The largest absolute Gasteiger partial charge is 0.482 e. The predicted octanol–water partition coefficient (Wildman–Crippen LogP) is 4.20. The lowest BCUT2D eigenvalue weighted by molar-refractivity contribution is -0.118. The van der Waals surface area contributed by atoms with Crippen molar-refractivity contribution >= 4 is 62.1 Å². The van der Waals surface area contributed by atoms with E-state index >= 15 is 0 Å². The first kappa shape index (κ1) is 20.1. The Kier molecular flexibility index (Phi) is 6.05. The van der Waals surface area contributed by atoms with Gasteiger partial charge in [0.25, 0.3) is 5.91 Å². The Morgan fingerprint density at radius 1 is 1.11 bits per heavy atom. The summed E-state index contributed by atoms with van der Waals surface area (Å²) in [5.74, 6) is 0.00890. The van der Waals surface area contributed by atoms with E-state index in [4.69, 9.17) is 39.5 Å². The summed E-state index contributed by atoms with van der Waals surface area (Å²) in [5.41, 5.74) is 0.826. The number of sulfonamides is 1. The highest BCUT2D eigenvalue weighted by Gasteiger charge is 2.28. The zero-order valence-electron chi connectivity index (χ0n) is 13.9. The average Bonchev–Trinajstić information content (AvgIpc) is 2.95. The molecule has 144 valence electrons. The van der Waals surface area contributed by atoms with E-state index in [1.54, 1.807) is 24.3 Å². The van der Waals surface area contributed by atoms with Gasteiger partial charge in [-0.05, 0) is 42.8 Å². The standard InChI is InChI=1S/C17H15Cl3N2O4S/c18-11-2-5-16(14(20)8-11)26-10-17(23)21-15-4-3-12(9-13(15)19)22-6-1-7-27(22,24)25/h2-5,8-9H,1,6-7,10H2,(H,21,23). The topological polar surface area (TPSA) is 75.7 Å². The second kappa shape index (κ2) is 8.14. The van der Waals surface area contributed by atoms with Gasteiger partial charge >= 0.3 is 0 Å². The molecule has 1 fully saturated rings. The maximum Gasteiger partial charge on any atom is 0.262 e. The molecule has 0 aromatic heterocycles. The van der Waals surface area contributed by atoms with Crippen LogP contribution in [-0.2, 0) is 14.8 Å². The number of anilines is 2. The van der Waals surface area contributed by atoms with Crippen LogP contribution in [0.25, 0.3) is 0 Å². The molecule has 10 heteroatoms. The van der Waals surface area contributed by atoms with Crippen LogP contribution in [0.15, 0.2) is 36.4 Å². The minimum Gasteiger partial charge on any atom is -0.482 e. The van der Waals surface area contributed by atoms with E-state index in [9.17, 15) is 13.2 Å². The Bertz CT molecular complexity index is 982. The van der Waals surface area contributed by atoms with Crippen molar-refractivity contribution in [2.75, 3.05) is 28.5 Å². The first-order chi connectivity index (χ1) is 12.8. The van der Waals surface area contributed by atoms with Gasteiger partial charge in [0.1, 0.15) is 5.75 Å². The van der Waals surface area contributed by atoms with Crippen molar-refractivity contribution < 1.29 is 17.9 Å². The van der Waals surface area contributed by atoms with Crippen LogP contribution in [0.4, 0.5) is 11.4 Å². The van der Waals surface area contributed by atoms with E-state index in [1.807, 2.05) is 0 Å². The molecule has 1 aliphatic heterocycles. The van der Waals surface area contributed by atoms with Crippen molar-refractivity contribution in [1.82, 2.24) is 0 Å². The van der Waals surface area contributed by atoms with E-state index < -0.39 is 15.9 Å². The van der Waals surface area contributed by atoms with Crippen LogP contribution in [0.5, 0.6) is 5.75 Å². The molecule has 6 nitrogen and oxygen atoms in total. The van der Waals surface area contributed by atoms with Crippen molar-refractivity contribution in [2.45, 2.75) is 6.42 Å². The molecule has 0 spiro atoms. The summed E-state index contributed by atoms with van der Waals surface area (Å²) in [6, 6.07) is 9.34. The van der Waals surface area contributed by atoms with Gasteiger partial charge in [-0.2, -0.15) is 0 Å². The lowest BCUT2D eigenvalue weighted by Gasteiger charge is -2.18. The summed E-state index contributed by atoms with van der Waals surface area (Å²) < 4.78 is 30.6. The Balaban J connectivity index is 1.64. The van der Waals surface area contributed by atoms with Gasteiger partial charge in [0.15, 0.2) is 6.61 Å². The Labute approximate surface area is 172 Å². The van der Waals surface area contributed by atoms with E-state index in [0.29, 0.717) is 40.1 Å². The van der Waals surface area contributed by atoms with Gasteiger partial charge in [-0.1, -0.05) is 34.8 Å². The van der Waals surface area contributed by atoms with Crippen LogP contribution in [0, 0.1) is 0 Å². The van der Waals surface area contributed by atoms with E-state index in [2.05, 4.69) is 5.32 Å². The van der Waals surface area contributed by atoms with Gasteiger partial charge < -0.3 is 10.1 Å². The van der Waals surface area contributed by atoms with Gasteiger partial charge in [-0.3, -0.25) is 9.10 Å². The lowest BCUT2D eigenvalue weighted by Crippen LogP contribution is -2.25. The molecule has 1 amide bonds. The number of rotatable bonds is 5. The quantitative estimate of drug-likeness (QED) is 0.742. The number of hydrogen-bond acceptors (Lipinski definition) is 4. The van der Waals surface area contributed by atoms with Crippen molar-refractivity contribution in [2.24, 2.45) is 0 Å². The van der Waals surface area contributed by atoms with Crippen LogP contribution < -0.4 is 14.4 Å². The van der Waals surface area contributed by atoms with Crippen molar-refractivity contribution in [3.8, 4) is 5.75 Å². The third-order valence-electron chi connectivity index (χ3n) is 3.87. The van der Waals surface area contributed by atoms with Crippen LogP contribution in [0.1, 0.15) is 6.42 Å². The molecule has 2 aromatic rings. The van der Waals surface area contributed by atoms with Crippen LogP contribution in [0.2, 0.25) is 15.1 Å². The Hall–Kier alpha value is -1.67. The fourth-order valence-electron chi connectivity index (χ4n) is 2.61. The molecular weight excluding hydrogens is 435 g/mol. The molecule has 1 aliphatic rings. The number of ether oxygens (including phenoxy) is 1. The minimum atomic E-state index is -3.29. The van der Waals surface area contributed by atoms with Gasteiger partial charge in [0, 0.05) is 11.6 Å². The molecule has 1 saturated heterocycles. The van der Waals surface area contributed by atoms with Crippen LogP contribution in [-0.4, -0.2) is 33.2 Å². The highest BCUT2D eigenvalue weighted by molar-refractivity contribution is 7.93. The molecule has 0 atom stereocenters. The second-order valence-electron chi connectivity index (χ2n) is 5.82. The SMILES string of the molecule is O=C(COc1ccc(Cl)cc1Cl)Nc1ccc(N2CCCS2(=O)=O)cc1Cl. The fraction of sp³-hybridized carbons (Fsp3) is 0.235. The monoisotopic (exact) mass is 448 g/mol. The molecule has 0 radical (unpaired) electrons. The summed E-state index contributed by atoms with van der Waals surface area (Å²) in [4.78, 5) is 12.1. The predicted molar refractivity (Wildman–Crippen MR) is 108 cm³/mol. The zero-order valence-corrected chi connectivity index (χ0v) is 17.0. The van der Waals surface area contributed by atoms with Gasteiger partial charge in [0.05, 0.1) is 27.2 Å². The number of carbonyl (C=O) groups excluding carboxylic acids is 1. The highest BCUT2D eigenvalue weighted by Crippen LogP contribution is 2.31. The van der Waals surface area contributed by atoms with Gasteiger partial charge in [-0.25, -0.2) is 8.42 Å². The molecule has 0 unspecified atom stereocenters. The second-order valence-corrected chi connectivity index (χ2v) is 9.08. The number of amides is 1. The third kappa shape index (κ3) is 4.79. The van der Waals surface area contributed by atoms with Crippen molar-refractivity contribution in [1.29, 1.82) is 0 Å². The Morgan fingerprint density at radius 2 is 1.89 bits per heavy atom. The first-order valence-corrected chi connectivity index (χ1v) is 10.7. The third-order valence-corrected chi connectivity index (χ3v) is 6.58. The normalized spacial score (nSPS) is 15.6. The number of hydrogen-bond donors (Lipinski definition) is 1. The minimum absolute atomic E-state index is 0.119. The highest BCUT2D eigenvalue weighted by atomic mass is 35.5.